The van der Waals surface area contributed by atoms with Crippen LogP contribution in [0.3, 0.4) is 0 Å². The predicted molar refractivity (Wildman–Crippen MR) is 79.5 cm³/mol. The van der Waals surface area contributed by atoms with E-state index in [9.17, 15) is 14.3 Å². The molecule has 0 spiro atoms. The average molecular weight is 304 g/mol. The smallest absolute Gasteiger partial charge is 0.351 e. The van der Waals surface area contributed by atoms with Gasteiger partial charge in [-0.25, -0.2) is 9.18 Å². The van der Waals surface area contributed by atoms with Crippen LogP contribution in [-0.4, -0.2) is 24.3 Å². The molecule has 0 aliphatic heterocycles. The van der Waals surface area contributed by atoms with Crippen molar-refractivity contribution in [1.82, 2.24) is 0 Å². The summed E-state index contributed by atoms with van der Waals surface area (Å²) in [5.41, 5.74) is -2.62. The number of carbonyl (C=O) groups is 1. The Morgan fingerprint density at radius 3 is 2.45 bits per heavy atom. The number of para-hydroxylation sites is 1. The molecule has 0 amide bonds. The molecule has 0 unspecified atom stereocenters. The highest BCUT2D eigenvalue weighted by Gasteiger charge is 2.42. The van der Waals surface area contributed by atoms with E-state index in [-0.39, 0.29) is 12.2 Å². The van der Waals surface area contributed by atoms with Crippen LogP contribution in [0.4, 0.5) is 4.39 Å². The van der Waals surface area contributed by atoms with Crippen LogP contribution in [0.15, 0.2) is 54.6 Å². The fourth-order valence-corrected chi connectivity index (χ4v) is 1.95. The third-order valence-electron chi connectivity index (χ3n) is 3.09. The van der Waals surface area contributed by atoms with Crippen molar-refractivity contribution in [3.05, 3.63) is 60.2 Å². The Hall–Kier alpha value is -2.40. The monoisotopic (exact) mass is 304 g/mol. The summed E-state index contributed by atoms with van der Waals surface area (Å²) in [6, 6.07) is 15.0. The third-order valence-corrected chi connectivity index (χ3v) is 3.09. The van der Waals surface area contributed by atoms with Gasteiger partial charge in [-0.1, -0.05) is 30.3 Å². The van der Waals surface area contributed by atoms with E-state index in [2.05, 4.69) is 0 Å². The van der Waals surface area contributed by atoms with Crippen LogP contribution in [0, 0.1) is 0 Å². The van der Waals surface area contributed by atoms with Gasteiger partial charge < -0.3 is 14.6 Å². The van der Waals surface area contributed by atoms with Gasteiger partial charge in [-0.05, 0) is 31.2 Å². The molecule has 2 aromatic rings. The van der Waals surface area contributed by atoms with Gasteiger partial charge in [0.2, 0.25) is 0 Å². The third kappa shape index (κ3) is 3.43. The first-order chi connectivity index (χ1) is 10.6. The molecule has 116 valence electrons. The molecule has 0 saturated carbocycles. The summed E-state index contributed by atoms with van der Waals surface area (Å²) in [7, 11) is 0. The Morgan fingerprint density at radius 2 is 1.82 bits per heavy atom. The molecule has 0 aliphatic rings. The number of benzene rings is 2. The highest BCUT2D eigenvalue weighted by Crippen LogP contribution is 2.31. The van der Waals surface area contributed by atoms with Crippen molar-refractivity contribution in [2.24, 2.45) is 0 Å². The van der Waals surface area contributed by atoms with Crippen molar-refractivity contribution in [2.75, 3.05) is 13.2 Å². The maximum atomic E-state index is 14.8. The van der Waals surface area contributed by atoms with Crippen molar-refractivity contribution < 1.29 is 23.8 Å². The fourth-order valence-electron chi connectivity index (χ4n) is 1.95. The van der Waals surface area contributed by atoms with Gasteiger partial charge in [-0.15, -0.1) is 0 Å². The van der Waals surface area contributed by atoms with Crippen LogP contribution in [0.25, 0.3) is 0 Å². The number of carbonyl (C=O) groups excluding carboxylic acids is 1. The van der Waals surface area contributed by atoms with Crippen molar-refractivity contribution in [2.45, 2.75) is 12.6 Å². The van der Waals surface area contributed by atoms with Crippen molar-refractivity contribution in [3.63, 3.8) is 0 Å². The Balaban J connectivity index is 2.28. The highest BCUT2D eigenvalue weighted by molar-refractivity contribution is 5.81. The van der Waals surface area contributed by atoms with Gasteiger partial charge >= 0.3 is 5.97 Å². The molecule has 0 heterocycles. The van der Waals surface area contributed by atoms with Gasteiger partial charge in [0.1, 0.15) is 11.5 Å². The van der Waals surface area contributed by atoms with Gasteiger partial charge in [0, 0.05) is 5.56 Å². The summed E-state index contributed by atoms with van der Waals surface area (Å²) >= 11 is 0. The van der Waals surface area contributed by atoms with E-state index < -0.39 is 18.2 Å². The predicted octanol–water partition coefficient (Wildman–Crippen LogP) is 3.20. The van der Waals surface area contributed by atoms with E-state index in [0.29, 0.717) is 11.5 Å². The lowest BCUT2D eigenvalue weighted by molar-refractivity contribution is -0.161. The van der Waals surface area contributed by atoms with E-state index in [4.69, 9.17) is 9.47 Å². The van der Waals surface area contributed by atoms with Gasteiger partial charge in [-0.3, -0.25) is 0 Å². The van der Waals surface area contributed by atoms with Crippen molar-refractivity contribution in [1.29, 1.82) is 0 Å². The molecule has 0 aliphatic carbocycles. The molecular formula is C17H17FO4. The maximum absolute atomic E-state index is 14.8. The zero-order valence-electron chi connectivity index (χ0n) is 12.2. The molecule has 0 bridgehead atoms. The number of esters is 1. The van der Waals surface area contributed by atoms with Crippen LogP contribution in [-0.2, 0) is 15.2 Å². The molecule has 0 radical (unpaired) electrons. The van der Waals surface area contributed by atoms with E-state index in [1.165, 1.54) is 12.1 Å². The minimum Gasteiger partial charge on any atom is -0.463 e. The normalized spacial score (nSPS) is 13.2. The lowest BCUT2D eigenvalue weighted by Gasteiger charge is -2.21. The first-order valence-corrected chi connectivity index (χ1v) is 6.90. The fraction of sp³-hybridized carbons (Fsp3) is 0.235. The second-order valence-electron chi connectivity index (χ2n) is 4.62. The standard InChI is InChI=1S/C17H17FO4/c1-2-21-16(20)17(18,12-19)13-7-6-10-15(11-13)22-14-8-4-3-5-9-14/h3-11,19H,2,12H2,1H3/t17-/m1/s1. The molecule has 1 atom stereocenters. The van der Waals surface area contributed by atoms with E-state index in [0.717, 1.165) is 0 Å². The number of hydrogen-bond acceptors (Lipinski definition) is 4. The molecule has 0 fully saturated rings. The molecule has 2 rings (SSSR count). The van der Waals surface area contributed by atoms with Crippen molar-refractivity contribution in [3.8, 4) is 11.5 Å². The van der Waals surface area contributed by atoms with Gasteiger partial charge in [0.25, 0.3) is 5.67 Å². The molecule has 0 saturated heterocycles. The molecule has 0 aromatic heterocycles. The summed E-state index contributed by atoms with van der Waals surface area (Å²) in [5, 5.41) is 9.30. The summed E-state index contributed by atoms with van der Waals surface area (Å²) in [6.07, 6.45) is 0. The molecule has 5 heteroatoms. The number of alkyl halides is 1. The largest absolute Gasteiger partial charge is 0.463 e. The lowest BCUT2D eigenvalue weighted by Crippen LogP contribution is -2.36. The highest BCUT2D eigenvalue weighted by atomic mass is 19.1. The minimum atomic E-state index is -2.61. The van der Waals surface area contributed by atoms with Crippen molar-refractivity contribution >= 4 is 5.97 Å². The van der Waals surface area contributed by atoms with Crippen LogP contribution >= 0.6 is 0 Å². The van der Waals surface area contributed by atoms with Crippen LogP contribution < -0.4 is 4.74 Å². The maximum Gasteiger partial charge on any atom is 0.351 e. The van der Waals surface area contributed by atoms with E-state index in [1.54, 1.807) is 31.2 Å². The van der Waals surface area contributed by atoms with Crippen LogP contribution in [0.5, 0.6) is 11.5 Å². The number of rotatable bonds is 6. The Kier molecular flexibility index (Phi) is 5.12. The Morgan fingerprint density at radius 1 is 1.14 bits per heavy atom. The molecule has 1 N–H and O–H groups in total. The summed E-state index contributed by atoms with van der Waals surface area (Å²) in [6.45, 7) is 0.607. The Labute approximate surface area is 128 Å². The first-order valence-electron chi connectivity index (χ1n) is 6.90. The summed E-state index contributed by atoms with van der Waals surface area (Å²) < 4.78 is 25.1. The molecular weight excluding hydrogens is 287 g/mol. The Bertz CT molecular complexity index is 630. The zero-order chi connectivity index (χ0) is 16.0. The number of aliphatic hydroxyl groups excluding tert-OH is 1. The summed E-state index contributed by atoms with van der Waals surface area (Å²) in [4.78, 5) is 11.8. The van der Waals surface area contributed by atoms with Gasteiger partial charge in [0.05, 0.1) is 13.2 Å². The molecule has 22 heavy (non-hydrogen) atoms. The second kappa shape index (κ2) is 7.04. The van der Waals surface area contributed by atoms with Gasteiger partial charge in [0.15, 0.2) is 0 Å². The first kappa shape index (κ1) is 16.0. The second-order valence-corrected chi connectivity index (χ2v) is 4.62. The number of halogens is 1. The SMILES string of the molecule is CCOC(=O)[C@@](F)(CO)c1cccc(Oc2ccccc2)c1. The number of ether oxygens (including phenoxy) is 2. The van der Waals surface area contributed by atoms with Crippen LogP contribution in [0.1, 0.15) is 12.5 Å². The van der Waals surface area contributed by atoms with E-state index in [1.807, 2.05) is 18.2 Å². The average Bonchev–Trinajstić information content (AvgIpc) is 2.55. The topological polar surface area (TPSA) is 55.8 Å². The number of aliphatic hydroxyl groups is 1. The summed E-state index contributed by atoms with van der Waals surface area (Å²) in [5.74, 6) is -0.165. The zero-order valence-corrected chi connectivity index (χ0v) is 12.2. The van der Waals surface area contributed by atoms with E-state index >= 15 is 0 Å². The molecule has 4 nitrogen and oxygen atoms in total. The number of hydrogen-bond donors (Lipinski definition) is 1. The minimum absolute atomic E-state index is 0.0121. The van der Waals surface area contributed by atoms with Crippen LogP contribution in [0.2, 0.25) is 0 Å². The quantitative estimate of drug-likeness (QED) is 0.833. The lowest BCUT2D eigenvalue weighted by atomic mass is 9.96. The van der Waals surface area contributed by atoms with Gasteiger partial charge in [-0.2, -0.15) is 0 Å². The molecule has 2 aromatic carbocycles.